The highest BCUT2D eigenvalue weighted by Crippen LogP contribution is 2.34. The zero-order valence-corrected chi connectivity index (χ0v) is 12.8. The molecule has 0 saturated heterocycles. The van der Waals surface area contributed by atoms with Gasteiger partial charge >= 0.3 is 5.97 Å². The Hall–Kier alpha value is -1.55. The first kappa shape index (κ1) is 14.4. The molecule has 0 aliphatic heterocycles. The van der Waals surface area contributed by atoms with Gasteiger partial charge in [-0.25, -0.2) is 4.79 Å². The number of hydrogen-bond acceptors (Lipinski definition) is 3. The van der Waals surface area contributed by atoms with Crippen LogP contribution in [0.1, 0.15) is 60.4 Å². The molecule has 110 valence electrons. The van der Waals surface area contributed by atoms with E-state index in [1.165, 1.54) is 50.3 Å². The van der Waals surface area contributed by atoms with Gasteiger partial charge in [0.15, 0.2) is 0 Å². The summed E-state index contributed by atoms with van der Waals surface area (Å²) in [5.74, 6) is -0.396. The van der Waals surface area contributed by atoms with E-state index in [1.54, 1.807) is 0 Å². The molecule has 2 aromatic rings. The third kappa shape index (κ3) is 2.91. The molecule has 1 N–H and O–H groups in total. The maximum Gasteiger partial charge on any atom is 0.338 e. The molecule has 0 bridgehead atoms. The average molecular weight is 301 g/mol. The minimum absolute atomic E-state index is 0.170. The number of carbonyl (C=O) groups is 1. The molecule has 0 spiro atoms. The third-order valence-electron chi connectivity index (χ3n) is 4.42. The Morgan fingerprint density at radius 3 is 2.57 bits per heavy atom. The number of aromatic carboxylic acids is 1. The van der Waals surface area contributed by atoms with Crippen LogP contribution < -0.4 is 0 Å². The van der Waals surface area contributed by atoms with Crippen molar-refractivity contribution >= 4 is 29.5 Å². The number of nitrogens with zero attached hydrogens (tertiary/aromatic N) is 1. The van der Waals surface area contributed by atoms with E-state index >= 15 is 0 Å². The quantitative estimate of drug-likeness (QED) is 0.626. The van der Waals surface area contributed by atoms with Gasteiger partial charge in [0.2, 0.25) is 0 Å². The lowest BCUT2D eigenvalue weighted by molar-refractivity contribution is 0.0693. The van der Waals surface area contributed by atoms with Crippen molar-refractivity contribution < 1.29 is 9.90 Å². The standard InChI is InChI=1S/C17H19NO2S/c19-17(20)14-10-18-15-8-7-12(9-13(15)16(14)21)11-5-3-1-2-4-6-11/h7-11H,1-6H2,(H,18,21)(H,19,20). The molecular formula is C17H19NO2S. The first-order valence-corrected chi connectivity index (χ1v) is 7.96. The van der Waals surface area contributed by atoms with Crippen LogP contribution in [0.15, 0.2) is 29.3 Å². The van der Waals surface area contributed by atoms with Gasteiger partial charge in [0, 0.05) is 16.5 Å². The Morgan fingerprint density at radius 1 is 1.19 bits per heavy atom. The van der Waals surface area contributed by atoms with Crippen molar-refractivity contribution in [3.8, 4) is 0 Å². The van der Waals surface area contributed by atoms with Gasteiger partial charge in [-0.05, 0) is 36.5 Å². The Morgan fingerprint density at radius 2 is 1.90 bits per heavy atom. The van der Waals surface area contributed by atoms with Crippen molar-refractivity contribution in [3.63, 3.8) is 0 Å². The van der Waals surface area contributed by atoms with Gasteiger partial charge in [-0.15, -0.1) is 12.6 Å². The van der Waals surface area contributed by atoms with E-state index < -0.39 is 5.97 Å². The second-order valence-electron chi connectivity index (χ2n) is 5.79. The Kier molecular flexibility index (Phi) is 4.15. The summed E-state index contributed by atoms with van der Waals surface area (Å²) in [6.45, 7) is 0. The smallest absolute Gasteiger partial charge is 0.338 e. The molecule has 1 aliphatic rings. The minimum atomic E-state index is -0.978. The van der Waals surface area contributed by atoms with Crippen LogP contribution in [0.25, 0.3) is 10.9 Å². The maximum absolute atomic E-state index is 11.2. The fourth-order valence-corrected chi connectivity index (χ4v) is 3.55. The molecule has 0 amide bonds. The highest BCUT2D eigenvalue weighted by molar-refractivity contribution is 7.80. The van der Waals surface area contributed by atoms with Gasteiger partial charge in [-0.3, -0.25) is 4.98 Å². The Balaban J connectivity index is 2.05. The predicted molar refractivity (Wildman–Crippen MR) is 86.4 cm³/mol. The van der Waals surface area contributed by atoms with Crippen molar-refractivity contribution in [1.29, 1.82) is 0 Å². The predicted octanol–water partition coefficient (Wildman–Crippen LogP) is 4.66. The van der Waals surface area contributed by atoms with Gasteiger partial charge in [0.25, 0.3) is 0 Å². The molecule has 1 fully saturated rings. The SMILES string of the molecule is O=C(O)c1cnc2ccc(C3CCCCCC3)cc2c1S. The molecule has 3 nitrogen and oxygen atoms in total. The summed E-state index contributed by atoms with van der Waals surface area (Å²) in [7, 11) is 0. The van der Waals surface area contributed by atoms with E-state index in [9.17, 15) is 9.90 Å². The van der Waals surface area contributed by atoms with Gasteiger partial charge in [-0.2, -0.15) is 0 Å². The van der Waals surface area contributed by atoms with E-state index in [1.807, 2.05) is 6.07 Å². The van der Waals surface area contributed by atoms with Crippen molar-refractivity contribution in [1.82, 2.24) is 4.98 Å². The largest absolute Gasteiger partial charge is 0.478 e. The molecule has 1 aromatic carbocycles. The highest BCUT2D eigenvalue weighted by atomic mass is 32.1. The van der Waals surface area contributed by atoms with Crippen LogP contribution in [0.5, 0.6) is 0 Å². The van der Waals surface area contributed by atoms with Crippen LogP contribution in [-0.4, -0.2) is 16.1 Å². The van der Waals surface area contributed by atoms with Crippen molar-refractivity contribution in [2.45, 2.75) is 49.3 Å². The number of benzene rings is 1. The number of carboxylic acid groups (broad SMARTS) is 1. The van der Waals surface area contributed by atoms with Crippen LogP contribution in [0.2, 0.25) is 0 Å². The molecular weight excluding hydrogens is 282 g/mol. The lowest BCUT2D eigenvalue weighted by Crippen LogP contribution is -2.01. The Bertz CT molecular complexity index is 676. The summed E-state index contributed by atoms with van der Waals surface area (Å²) < 4.78 is 0. The molecule has 3 rings (SSSR count). The first-order chi connectivity index (χ1) is 10.2. The molecule has 0 atom stereocenters. The number of fused-ring (bicyclic) bond motifs is 1. The first-order valence-electron chi connectivity index (χ1n) is 7.52. The average Bonchev–Trinajstić information content (AvgIpc) is 2.76. The number of pyridine rings is 1. The number of thiol groups is 1. The zero-order chi connectivity index (χ0) is 14.8. The van der Waals surface area contributed by atoms with E-state index in [2.05, 4.69) is 29.7 Å². The number of hydrogen-bond donors (Lipinski definition) is 2. The van der Waals surface area contributed by atoms with Gasteiger partial charge in [0.05, 0.1) is 11.1 Å². The second kappa shape index (κ2) is 6.06. The molecule has 1 saturated carbocycles. The van der Waals surface area contributed by atoms with Crippen LogP contribution in [0.3, 0.4) is 0 Å². The second-order valence-corrected chi connectivity index (χ2v) is 6.24. The van der Waals surface area contributed by atoms with Crippen LogP contribution in [-0.2, 0) is 0 Å². The molecule has 1 aromatic heterocycles. The molecule has 0 radical (unpaired) electrons. The lowest BCUT2D eigenvalue weighted by Gasteiger charge is -2.15. The van der Waals surface area contributed by atoms with E-state index in [0.29, 0.717) is 10.8 Å². The van der Waals surface area contributed by atoms with Crippen molar-refractivity contribution in [2.75, 3.05) is 0 Å². The molecule has 1 aliphatic carbocycles. The van der Waals surface area contributed by atoms with Gasteiger partial charge in [0.1, 0.15) is 0 Å². The summed E-state index contributed by atoms with van der Waals surface area (Å²) in [6, 6.07) is 6.22. The molecule has 1 heterocycles. The zero-order valence-electron chi connectivity index (χ0n) is 11.9. The minimum Gasteiger partial charge on any atom is -0.478 e. The molecule has 0 unspecified atom stereocenters. The summed E-state index contributed by atoms with van der Waals surface area (Å²) in [5.41, 5.74) is 2.27. The summed E-state index contributed by atoms with van der Waals surface area (Å²) in [6.07, 6.45) is 9.05. The van der Waals surface area contributed by atoms with Crippen LogP contribution in [0, 0.1) is 0 Å². The van der Waals surface area contributed by atoms with Crippen LogP contribution in [0.4, 0.5) is 0 Å². The number of rotatable bonds is 2. The number of carboxylic acids is 1. The fourth-order valence-electron chi connectivity index (χ4n) is 3.22. The Labute approximate surface area is 129 Å². The van der Waals surface area contributed by atoms with E-state index in [-0.39, 0.29) is 5.56 Å². The normalized spacial score (nSPS) is 16.8. The highest BCUT2D eigenvalue weighted by Gasteiger charge is 2.17. The molecule has 21 heavy (non-hydrogen) atoms. The van der Waals surface area contributed by atoms with Gasteiger partial charge < -0.3 is 5.11 Å². The monoisotopic (exact) mass is 301 g/mol. The van der Waals surface area contributed by atoms with E-state index in [4.69, 9.17) is 0 Å². The summed E-state index contributed by atoms with van der Waals surface area (Å²) in [5, 5.41) is 10.0. The van der Waals surface area contributed by atoms with Crippen molar-refractivity contribution in [3.05, 3.63) is 35.5 Å². The van der Waals surface area contributed by atoms with Gasteiger partial charge in [-0.1, -0.05) is 31.7 Å². The maximum atomic E-state index is 11.2. The molecule has 4 heteroatoms. The lowest BCUT2D eigenvalue weighted by atomic mass is 9.91. The summed E-state index contributed by atoms with van der Waals surface area (Å²) >= 11 is 4.41. The van der Waals surface area contributed by atoms with Crippen molar-refractivity contribution in [2.24, 2.45) is 0 Å². The van der Waals surface area contributed by atoms with E-state index in [0.717, 1.165) is 10.9 Å². The van der Waals surface area contributed by atoms with Crippen LogP contribution >= 0.6 is 12.6 Å². The summed E-state index contributed by atoms with van der Waals surface area (Å²) in [4.78, 5) is 16.0. The topological polar surface area (TPSA) is 50.2 Å². The fraction of sp³-hybridized carbons (Fsp3) is 0.412. The number of aromatic nitrogens is 1. The third-order valence-corrected chi connectivity index (χ3v) is 4.90.